The van der Waals surface area contributed by atoms with E-state index in [9.17, 15) is 4.79 Å². The fourth-order valence-electron chi connectivity index (χ4n) is 1.80. The van der Waals surface area contributed by atoms with E-state index in [1.165, 1.54) is 18.9 Å². The lowest BCUT2D eigenvalue weighted by molar-refractivity contribution is -0.117. The summed E-state index contributed by atoms with van der Waals surface area (Å²) in [5.41, 5.74) is 0. The second-order valence-corrected chi connectivity index (χ2v) is 3.85. The van der Waals surface area contributed by atoms with Crippen LogP contribution in [0.15, 0.2) is 12.7 Å². The molecule has 0 saturated carbocycles. The number of hydrogen-bond donors (Lipinski definition) is 1. The molecule has 1 saturated heterocycles. The minimum absolute atomic E-state index is 0.0488. The summed E-state index contributed by atoms with van der Waals surface area (Å²) in [5, 5.41) is 2.94. The zero-order valence-corrected chi connectivity index (χ0v) is 8.96. The third kappa shape index (κ3) is 3.50. The lowest BCUT2D eigenvalue weighted by Gasteiger charge is -2.15. The van der Waals surface area contributed by atoms with Gasteiger partial charge in [-0.15, -0.1) is 0 Å². The van der Waals surface area contributed by atoms with Gasteiger partial charge in [0.2, 0.25) is 5.91 Å². The first kappa shape index (κ1) is 11.2. The van der Waals surface area contributed by atoms with Gasteiger partial charge in [-0.1, -0.05) is 19.9 Å². The molecule has 1 amide bonds. The van der Waals surface area contributed by atoms with Gasteiger partial charge in [0.25, 0.3) is 0 Å². The van der Waals surface area contributed by atoms with Crippen molar-refractivity contribution < 1.29 is 4.79 Å². The van der Waals surface area contributed by atoms with E-state index in [0.29, 0.717) is 6.04 Å². The van der Waals surface area contributed by atoms with Crippen molar-refractivity contribution in [1.29, 1.82) is 0 Å². The molecule has 0 radical (unpaired) electrons. The minimum Gasteiger partial charge on any atom is -0.349 e. The number of nitrogens with one attached hydrogen (secondary N) is 1. The largest absolute Gasteiger partial charge is 0.349 e. The fraction of sp³-hybridized carbons (Fsp3) is 0.727. The number of likely N-dealkylation sites (tertiary alicyclic amines) is 1. The van der Waals surface area contributed by atoms with Gasteiger partial charge in [-0.25, -0.2) is 0 Å². The third-order valence-electron chi connectivity index (χ3n) is 2.63. The van der Waals surface area contributed by atoms with Crippen molar-refractivity contribution in [3.8, 4) is 0 Å². The first-order valence-corrected chi connectivity index (χ1v) is 5.41. The lowest BCUT2D eigenvalue weighted by Crippen LogP contribution is -2.36. The van der Waals surface area contributed by atoms with Crippen LogP contribution in [-0.2, 0) is 4.79 Å². The second kappa shape index (κ2) is 5.81. The second-order valence-electron chi connectivity index (χ2n) is 3.85. The van der Waals surface area contributed by atoms with Crippen LogP contribution in [0.2, 0.25) is 0 Å². The van der Waals surface area contributed by atoms with Gasteiger partial charge in [-0.05, 0) is 25.5 Å². The molecule has 0 aromatic rings. The molecule has 0 aliphatic carbocycles. The highest BCUT2D eigenvalue weighted by Gasteiger charge is 2.22. The molecular formula is C11H20N2O. The van der Waals surface area contributed by atoms with Crippen molar-refractivity contribution in [2.75, 3.05) is 19.6 Å². The smallest absolute Gasteiger partial charge is 0.243 e. The van der Waals surface area contributed by atoms with E-state index in [1.807, 2.05) is 0 Å². The van der Waals surface area contributed by atoms with E-state index in [2.05, 4.69) is 23.7 Å². The minimum atomic E-state index is -0.0488. The molecule has 1 fully saturated rings. The summed E-state index contributed by atoms with van der Waals surface area (Å²) in [4.78, 5) is 13.5. The Morgan fingerprint density at radius 2 is 2.50 bits per heavy atom. The van der Waals surface area contributed by atoms with Crippen LogP contribution in [-0.4, -0.2) is 36.5 Å². The summed E-state index contributed by atoms with van der Waals surface area (Å²) in [6, 6.07) is 0.331. The number of carbonyl (C=O) groups excluding carboxylic acids is 1. The van der Waals surface area contributed by atoms with Gasteiger partial charge in [0.1, 0.15) is 0 Å². The molecule has 0 aromatic heterocycles. The van der Waals surface area contributed by atoms with Crippen molar-refractivity contribution in [1.82, 2.24) is 10.2 Å². The normalized spacial score (nSPS) is 22.2. The average Bonchev–Trinajstić information content (AvgIpc) is 2.62. The van der Waals surface area contributed by atoms with Gasteiger partial charge in [0.15, 0.2) is 0 Å². The zero-order chi connectivity index (χ0) is 10.4. The Balaban J connectivity index is 2.20. The van der Waals surface area contributed by atoms with E-state index in [4.69, 9.17) is 0 Å². The zero-order valence-electron chi connectivity index (χ0n) is 8.96. The van der Waals surface area contributed by atoms with Crippen LogP contribution in [0.1, 0.15) is 26.2 Å². The van der Waals surface area contributed by atoms with Gasteiger partial charge in [-0.3, -0.25) is 4.79 Å². The molecule has 0 spiro atoms. The van der Waals surface area contributed by atoms with Crippen LogP contribution in [0.5, 0.6) is 0 Å². The number of unbranched alkanes of at least 4 members (excludes halogenated alkanes) is 1. The van der Waals surface area contributed by atoms with E-state index in [0.717, 1.165) is 26.1 Å². The van der Waals surface area contributed by atoms with E-state index in [-0.39, 0.29) is 5.91 Å². The highest BCUT2D eigenvalue weighted by Crippen LogP contribution is 2.09. The monoisotopic (exact) mass is 196 g/mol. The van der Waals surface area contributed by atoms with Crippen molar-refractivity contribution in [3.63, 3.8) is 0 Å². The summed E-state index contributed by atoms with van der Waals surface area (Å²) in [6.45, 7) is 8.92. The molecule has 0 bridgehead atoms. The van der Waals surface area contributed by atoms with Gasteiger partial charge in [0, 0.05) is 19.1 Å². The summed E-state index contributed by atoms with van der Waals surface area (Å²) < 4.78 is 0. The fourth-order valence-corrected chi connectivity index (χ4v) is 1.80. The molecule has 80 valence electrons. The molecule has 1 unspecified atom stereocenters. The standard InChI is InChI=1S/C11H20N2O/c1-3-5-7-13-8-6-10(9-13)12-11(14)4-2/h4,10H,2-3,5-9H2,1H3,(H,12,14). The molecule has 1 rings (SSSR count). The molecular weight excluding hydrogens is 176 g/mol. The average molecular weight is 196 g/mol. The topological polar surface area (TPSA) is 32.3 Å². The molecule has 1 aliphatic rings. The molecule has 14 heavy (non-hydrogen) atoms. The van der Waals surface area contributed by atoms with Gasteiger partial charge >= 0.3 is 0 Å². The number of nitrogens with zero attached hydrogens (tertiary/aromatic N) is 1. The predicted octanol–water partition coefficient (Wildman–Crippen LogP) is 1.16. The summed E-state index contributed by atoms with van der Waals surface area (Å²) in [5.74, 6) is -0.0488. The van der Waals surface area contributed by atoms with E-state index in [1.54, 1.807) is 0 Å². The van der Waals surface area contributed by atoms with Crippen LogP contribution in [0.4, 0.5) is 0 Å². The van der Waals surface area contributed by atoms with Crippen LogP contribution >= 0.6 is 0 Å². The number of carbonyl (C=O) groups is 1. The number of rotatable bonds is 5. The Hall–Kier alpha value is -0.830. The van der Waals surface area contributed by atoms with Gasteiger partial charge in [-0.2, -0.15) is 0 Å². The molecule has 3 nitrogen and oxygen atoms in total. The lowest BCUT2D eigenvalue weighted by atomic mass is 10.2. The van der Waals surface area contributed by atoms with Crippen LogP contribution in [0.3, 0.4) is 0 Å². The first-order chi connectivity index (χ1) is 6.76. The Kier molecular flexibility index (Phi) is 4.66. The number of hydrogen-bond acceptors (Lipinski definition) is 2. The summed E-state index contributed by atoms with van der Waals surface area (Å²) in [6.07, 6.45) is 4.90. The predicted molar refractivity (Wildman–Crippen MR) is 58.1 cm³/mol. The SMILES string of the molecule is C=CC(=O)NC1CCN(CCCC)C1. The molecule has 0 aromatic carbocycles. The van der Waals surface area contributed by atoms with Crippen molar-refractivity contribution in [3.05, 3.63) is 12.7 Å². The van der Waals surface area contributed by atoms with E-state index < -0.39 is 0 Å². The highest BCUT2D eigenvalue weighted by molar-refractivity contribution is 5.87. The van der Waals surface area contributed by atoms with Crippen molar-refractivity contribution in [2.45, 2.75) is 32.2 Å². The molecule has 1 aliphatic heterocycles. The molecule has 1 N–H and O–H groups in total. The Labute approximate surface area is 86.2 Å². The van der Waals surface area contributed by atoms with Crippen molar-refractivity contribution >= 4 is 5.91 Å². The quantitative estimate of drug-likeness (QED) is 0.669. The van der Waals surface area contributed by atoms with Crippen LogP contribution < -0.4 is 5.32 Å². The molecule has 1 atom stereocenters. The first-order valence-electron chi connectivity index (χ1n) is 5.41. The summed E-state index contributed by atoms with van der Waals surface area (Å²) in [7, 11) is 0. The maximum atomic E-state index is 11.0. The molecule has 3 heteroatoms. The molecule has 1 heterocycles. The number of amides is 1. The van der Waals surface area contributed by atoms with Gasteiger partial charge < -0.3 is 10.2 Å². The highest BCUT2D eigenvalue weighted by atomic mass is 16.1. The maximum absolute atomic E-state index is 11.0. The van der Waals surface area contributed by atoms with E-state index >= 15 is 0 Å². The third-order valence-corrected chi connectivity index (χ3v) is 2.63. The van der Waals surface area contributed by atoms with Crippen LogP contribution in [0, 0.1) is 0 Å². The van der Waals surface area contributed by atoms with Crippen LogP contribution in [0.25, 0.3) is 0 Å². The maximum Gasteiger partial charge on any atom is 0.243 e. The Bertz CT molecular complexity index is 203. The Morgan fingerprint density at radius 3 is 3.14 bits per heavy atom. The van der Waals surface area contributed by atoms with Crippen molar-refractivity contribution in [2.24, 2.45) is 0 Å². The van der Waals surface area contributed by atoms with Gasteiger partial charge in [0.05, 0.1) is 0 Å². The summed E-state index contributed by atoms with van der Waals surface area (Å²) >= 11 is 0. The Morgan fingerprint density at radius 1 is 1.71 bits per heavy atom.